The maximum atomic E-state index is 13.9. The summed E-state index contributed by atoms with van der Waals surface area (Å²) < 4.78 is 54.6. The van der Waals surface area contributed by atoms with Gasteiger partial charge in [-0.3, -0.25) is 0 Å². The van der Waals surface area contributed by atoms with Gasteiger partial charge >= 0.3 is 6.18 Å². The van der Waals surface area contributed by atoms with Crippen molar-refractivity contribution in [3.63, 3.8) is 0 Å². The highest BCUT2D eigenvalue weighted by atomic mass is 32.1. The van der Waals surface area contributed by atoms with Crippen LogP contribution < -0.4 is 5.73 Å². The molecule has 0 saturated heterocycles. The molecule has 8 heteroatoms. The Kier molecular flexibility index (Phi) is 4.11. The average Bonchev–Trinajstić information content (AvgIpc) is 3.18. The number of benzene rings is 2. The number of alkyl halides is 3. The van der Waals surface area contributed by atoms with Crippen molar-refractivity contribution in [2.45, 2.75) is 12.6 Å². The lowest BCUT2D eigenvalue weighted by Crippen LogP contribution is -2.09. The van der Waals surface area contributed by atoms with E-state index in [0.29, 0.717) is 34.0 Å². The number of hydrogen-bond acceptors (Lipinski definition) is 4. The number of rotatable bonds is 2. The van der Waals surface area contributed by atoms with E-state index in [4.69, 9.17) is 5.73 Å². The molecule has 0 fully saturated rings. The molecule has 0 amide bonds. The fourth-order valence-electron chi connectivity index (χ4n) is 3.51. The number of fused-ring (bicyclic) bond motifs is 1. The second-order valence-corrected chi connectivity index (χ2v) is 7.20. The summed E-state index contributed by atoms with van der Waals surface area (Å²) in [7, 11) is 0. The Morgan fingerprint density at radius 1 is 1.00 bits per heavy atom. The van der Waals surface area contributed by atoms with Gasteiger partial charge in [0.25, 0.3) is 0 Å². The highest BCUT2D eigenvalue weighted by Crippen LogP contribution is 2.49. The number of anilines is 1. The smallest absolute Gasteiger partial charge is 0.416 e. The fourth-order valence-corrected chi connectivity index (χ4v) is 4.24. The first-order chi connectivity index (χ1) is 13.2. The van der Waals surface area contributed by atoms with Crippen molar-refractivity contribution in [1.29, 1.82) is 0 Å². The molecular weight excluding hydrogens is 394 g/mol. The Morgan fingerprint density at radius 2 is 1.75 bits per heavy atom. The molecule has 0 saturated carbocycles. The van der Waals surface area contributed by atoms with E-state index in [0.717, 1.165) is 12.1 Å². The molecular formula is C20H13F4NO2S. The topological polar surface area (TPSA) is 66.5 Å². The summed E-state index contributed by atoms with van der Waals surface area (Å²) >= 11 is 1.29. The third-order valence-corrected chi connectivity index (χ3v) is 5.48. The molecule has 144 valence electrons. The Morgan fingerprint density at radius 3 is 2.36 bits per heavy atom. The molecule has 0 unspecified atom stereocenters. The van der Waals surface area contributed by atoms with Gasteiger partial charge in [0, 0.05) is 16.3 Å². The number of thiophene rings is 1. The molecule has 0 bridgehead atoms. The molecule has 0 radical (unpaired) electrons. The van der Waals surface area contributed by atoms with Crippen molar-refractivity contribution in [3.05, 3.63) is 74.7 Å². The van der Waals surface area contributed by atoms with Gasteiger partial charge in [0.1, 0.15) is 5.75 Å². The summed E-state index contributed by atoms with van der Waals surface area (Å²) in [6.45, 7) is 0. The average molecular weight is 407 g/mol. The van der Waals surface area contributed by atoms with Gasteiger partial charge in [-0.25, -0.2) is 4.39 Å². The molecule has 1 aliphatic carbocycles. The van der Waals surface area contributed by atoms with Crippen LogP contribution in [0.5, 0.6) is 11.5 Å². The first kappa shape index (κ1) is 18.4. The van der Waals surface area contributed by atoms with Crippen molar-refractivity contribution in [2.75, 3.05) is 5.73 Å². The van der Waals surface area contributed by atoms with Crippen LogP contribution >= 0.6 is 11.3 Å². The van der Waals surface area contributed by atoms with Crippen molar-refractivity contribution in [2.24, 2.45) is 0 Å². The normalized spacial score (nSPS) is 13.9. The van der Waals surface area contributed by atoms with E-state index in [9.17, 15) is 27.8 Å². The first-order valence-corrected chi connectivity index (χ1v) is 9.08. The highest BCUT2D eigenvalue weighted by Gasteiger charge is 2.38. The minimum absolute atomic E-state index is 0.00520. The van der Waals surface area contributed by atoms with E-state index < -0.39 is 29.1 Å². The lowest BCUT2D eigenvalue weighted by atomic mass is 9.95. The maximum absolute atomic E-state index is 13.9. The van der Waals surface area contributed by atoms with Crippen LogP contribution in [0.25, 0.3) is 11.1 Å². The quantitative estimate of drug-likeness (QED) is 0.498. The predicted molar refractivity (Wildman–Crippen MR) is 99.5 cm³/mol. The number of nitrogen functional groups attached to an aromatic ring is 1. The summed E-state index contributed by atoms with van der Waals surface area (Å²) in [5, 5.41) is 22.7. The summed E-state index contributed by atoms with van der Waals surface area (Å²) in [5.74, 6) is -1.95. The Bertz CT molecular complexity index is 1130. The van der Waals surface area contributed by atoms with Gasteiger partial charge in [-0.1, -0.05) is 6.07 Å². The van der Waals surface area contributed by atoms with Gasteiger partial charge in [-0.15, -0.1) is 11.3 Å². The van der Waals surface area contributed by atoms with Gasteiger partial charge in [-0.05, 0) is 58.5 Å². The molecule has 4 rings (SSSR count). The second kappa shape index (κ2) is 6.27. The molecule has 2 aromatic carbocycles. The Balaban J connectivity index is 2.03. The van der Waals surface area contributed by atoms with Crippen LogP contribution in [0.1, 0.15) is 27.8 Å². The number of nitrogens with two attached hydrogens (primary N) is 1. The molecule has 4 N–H and O–H groups in total. The van der Waals surface area contributed by atoms with Crippen molar-refractivity contribution in [3.8, 4) is 11.5 Å². The molecule has 0 spiro atoms. The van der Waals surface area contributed by atoms with Crippen LogP contribution in [0.2, 0.25) is 0 Å². The van der Waals surface area contributed by atoms with Gasteiger partial charge in [0.05, 0.1) is 11.3 Å². The van der Waals surface area contributed by atoms with Crippen LogP contribution in [0.3, 0.4) is 0 Å². The molecule has 1 heterocycles. The van der Waals surface area contributed by atoms with E-state index in [1.165, 1.54) is 23.5 Å². The zero-order valence-corrected chi connectivity index (χ0v) is 15.0. The van der Waals surface area contributed by atoms with Gasteiger partial charge < -0.3 is 15.9 Å². The van der Waals surface area contributed by atoms with Crippen molar-refractivity contribution >= 4 is 28.2 Å². The maximum Gasteiger partial charge on any atom is 0.416 e. The number of aromatic hydroxyl groups is 2. The van der Waals surface area contributed by atoms with Gasteiger partial charge in [0.15, 0.2) is 11.6 Å². The summed E-state index contributed by atoms with van der Waals surface area (Å²) in [5.41, 5.74) is 7.36. The predicted octanol–water partition coefficient (Wildman–Crippen LogP) is 5.41. The van der Waals surface area contributed by atoms with Crippen LogP contribution in [0, 0.1) is 5.82 Å². The largest absolute Gasteiger partial charge is 0.508 e. The number of phenolic OH excluding ortho intramolecular Hbond substituents is 2. The summed E-state index contributed by atoms with van der Waals surface area (Å²) in [4.78, 5) is 0. The number of phenols is 2. The molecule has 28 heavy (non-hydrogen) atoms. The molecule has 0 atom stereocenters. The Hall–Kier alpha value is -3.00. The van der Waals surface area contributed by atoms with E-state index in [1.54, 1.807) is 10.8 Å². The fraction of sp³-hybridized carbons (Fsp3) is 0.100. The van der Waals surface area contributed by atoms with Crippen LogP contribution in [0.4, 0.5) is 23.2 Å². The summed E-state index contributed by atoms with van der Waals surface area (Å²) in [6, 6.07) is 5.62. The third kappa shape index (κ3) is 2.90. The zero-order chi connectivity index (χ0) is 20.2. The zero-order valence-electron chi connectivity index (χ0n) is 14.1. The molecule has 1 aromatic heterocycles. The van der Waals surface area contributed by atoms with Crippen molar-refractivity contribution < 1.29 is 27.8 Å². The second-order valence-electron chi connectivity index (χ2n) is 6.45. The monoisotopic (exact) mass is 407 g/mol. The van der Waals surface area contributed by atoms with Crippen LogP contribution in [-0.4, -0.2) is 10.2 Å². The molecule has 3 aromatic rings. The number of hydrogen-bond donors (Lipinski definition) is 3. The van der Waals surface area contributed by atoms with E-state index in [1.807, 2.05) is 0 Å². The van der Waals surface area contributed by atoms with Gasteiger partial charge in [0.2, 0.25) is 0 Å². The van der Waals surface area contributed by atoms with Crippen molar-refractivity contribution in [1.82, 2.24) is 0 Å². The summed E-state index contributed by atoms with van der Waals surface area (Å²) in [6.07, 6.45) is -4.77. The van der Waals surface area contributed by atoms with E-state index in [2.05, 4.69) is 0 Å². The van der Waals surface area contributed by atoms with E-state index >= 15 is 0 Å². The van der Waals surface area contributed by atoms with Crippen LogP contribution in [-0.2, 0) is 12.6 Å². The number of halogens is 4. The minimum atomic E-state index is -4.66. The van der Waals surface area contributed by atoms with Crippen LogP contribution in [0.15, 0.2) is 41.1 Å². The number of allylic oxidation sites excluding steroid dienone is 1. The lowest BCUT2D eigenvalue weighted by molar-refractivity contribution is -0.138. The SMILES string of the molecule is Nc1cscc1C1=C(c2ccc(O)c(F)c2)Cc2c1cc(O)cc2C(F)(F)F. The molecule has 1 aliphatic rings. The third-order valence-electron chi connectivity index (χ3n) is 4.72. The molecule has 3 nitrogen and oxygen atoms in total. The molecule has 0 aliphatic heterocycles. The standard InChI is InChI=1S/C20H13F4NO2S/c21-16-3-9(1-2-18(16)27)11-6-12-13(19(11)14-7-28-8-17(14)25)4-10(26)5-15(12)20(22,23)24/h1-5,7-8,26-27H,6,25H2. The Labute approximate surface area is 161 Å². The highest BCUT2D eigenvalue weighted by molar-refractivity contribution is 7.08. The lowest BCUT2D eigenvalue weighted by Gasteiger charge is -2.14. The van der Waals surface area contributed by atoms with Gasteiger partial charge in [-0.2, -0.15) is 13.2 Å². The first-order valence-electron chi connectivity index (χ1n) is 8.14. The minimum Gasteiger partial charge on any atom is -0.508 e. The van der Waals surface area contributed by atoms with E-state index in [-0.39, 0.29) is 17.5 Å².